The molecule has 1 aromatic carbocycles. The van der Waals surface area contributed by atoms with E-state index >= 15 is 0 Å². The number of hydrogen-bond donors (Lipinski definition) is 0. The van der Waals surface area contributed by atoms with Crippen molar-refractivity contribution in [3.8, 4) is 5.75 Å². The van der Waals surface area contributed by atoms with E-state index in [0.29, 0.717) is 11.4 Å². The molecule has 1 rings (SSSR count). The fraction of sp³-hybridized carbons (Fsp3) is 0.417. The van der Waals surface area contributed by atoms with E-state index in [0.717, 1.165) is 11.3 Å². The molecule has 0 aromatic heterocycles. The number of ether oxygens (including phenoxy) is 1. The van der Waals surface area contributed by atoms with Gasteiger partial charge in [0.05, 0.1) is 0 Å². The van der Waals surface area contributed by atoms with Gasteiger partial charge in [0.1, 0.15) is 17.6 Å². The zero-order valence-corrected chi connectivity index (χ0v) is 9.97. The van der Waals surface area contributed by atoms with Gasteiger partial charge in [0.15, 0.2) is 0 Å². The van der Waals surface area contributed by atoms with Crippen molar-refractivity contribution in [2.45, 2.75) is 33.3 Å². The van der Waals surface area contributed by atoms with Crippen LogP contribution in [0.3, 0.4) is 0 Å². The van der Waals surface area contributed by atoms with E-state index in [1.54, 1.807) is 13.0 Å². The molecule has 0 saturated carbocycles. The summed E-state index contributed by atoms with van der Waals surface area (Å²) in [4.78, 5) is 10.9. The Morgan fingerprint density at radius 1 is 1.53 bits per heavy atom. The number of aryl methyl sites for hydroxylation is 1. The van der Waals surface area contributed by atoms with Crippen LogP contribution in [0.4, 0.5) is 0 Å². The number of benzene rings is 1. The fourth-order valence-corrected chi connectivity index (χ4v) is 1.63. The molecule has 0 radical (unpaired) electrons. The highest BCUT2D eigenvalue weighted by molar-refractivity contribution is 6.30. The van der Waals surface area contributed by atoms with E-state index in [4.69, 9.17) is 16.3 Å². The molecule has 0 aliphatic heterocycles. The largest absolute Gasteiger partial charge is 0.490 e. The average molecular weight is 227 g/mol. The van der Waals surface area contributed by atoms with Gasteiger partial charge in [0.2, 0.25) is 0 Å². The van der Waals surface area contributed by atoms with Crippen molar-refractivity contribution in [1.29, 1.82) is 0 Å². The Labute approximate surface area is 95.2 Å². The molecule has 0 fully saturated rings. The van der Waals surface area contributed by atoms with E-state index in [-0.39, 0.29) is 11.9 Å². The van der Waals surface area contributed by atoms with Crippen molar-refractivity contribution >= 4 is 17.4 Å². The van der Waals surface area contributed by atoms with E-state index in [2.05, 4.69) is 0 Å². The third-order valence-corrected chi connectivity index (χ3v) is 2.28. The fourth-order valence-electron chi connectivity index (χ4n) is 1.41. The Balaban J connectivity index is 2.68. The van der Waals surface area contributed by atoms with Crippen LogP contribution in [0.15, 0.2) is 18.2 Å². The minimum absolute atomic E-state index is 0.0950. The predicted molar refractivity (Wildman–Crippen MR) is 61.6 cm³/mol. The maximum atomic E-state index is 10.9. The van der Waals surface area contributed by atoms with Gasteiger partial charge in [0.25, 0.3) is 0 Å². The SMILES string of the molecule is CC(=O)CC(C)Oc1ccc(Cl)cc1C. The Hall–Kier alpha value is -1.02. The molecule has 1 aromatic rings. The molecule has 15 heavy (non-hydrogen) atoms. The zero-order valence-electron chi connectivity index (χ0n) is 9.21. The normalized spacial score (nSPS) is 12.3. The van der Waals surface area contributed by atoms with Crippen LogP contribution in [0.2, 0.25) is 5.02 Å². The van der Waals surface area contributed by atoms with E-state index in [1.807, 2.05) is 26.0 Å². The van der Waals surface area contributed by atoms with E-state index in [1.165, 1.54) is 0 Å². The summed E-state index contributed by atoms with van der Waals surface area (Å²) in [5.41, 5.74) is 0.984. The number of halogens is 1. The number of carbonyl (C=O) groups excluding carboxylic acids is 1. The van der Waals surface area contributed by atoms with Crippen LogP contribution in [-0.2, 0) is 4.79 Å². The maximum Gasteiger partial charge on any atom is 0.133 e. The van der Waals surface area contributed by atoms with Crippen LogP contribution in [-0.4, -0.2) is 11.9 Å². The number of Topliss-reactive ketones (excluding diaryl/α,β-unsaturated/α-hetero) is 1. The summed E-state index contributed by atoms with van der Waals surface area (Å²) in [5, 5.41) is 0.694. The lowest BCUT2D eigenvalue weighted by molar-refractivity contribution is -0.118. The highest BCUT2D eigenvalue weighted by Crippen LogP contribution is 2.23. The average Bonchev–Trinajstić information content (AvgIpc) is 2.08. The topological polar surface area (TPSA) is 26.3 Å². The minimum Gasteiger partial charge on any atom is -0.490 e. The molecule has 0 spiro atoms. The molecule has 1 atom stereocenters. The van der Waals surface area contributed by atoms with E-state index < -0.39 is 0 Å². The Morgan fingerprint density at radius 2 is 2.20 bits per heavy atom. The lowest BCUT2D eigenvalue weighted by Gasteiger charge is -2.15. The Kier molecular flexibility index (Phi) is 4.15. The molecule has 1 unspecified atom stereocenters. The zero-order chi connectivity index (χ0) is 11.4. The second-order valence-electron chi connectivity index (χ2n) is 3.74. The summed E-state index contributed by atoms with van der Waals surface area (Å²) in [6.07, 6.45) is 0.338. The van der Waals surface area contributed by atoms with Crippen molar-refractivity contribution in [2.24, 2.45) is 0 Å². The third-order valence-electron chi connectivity index (χ3n) is 2.04. The molecule has 2 nitrogen and oxygen atoms in total. The first-order valence-corrected chi connectivity index (χ1v) is 5.29. The molecule has 0 amide bonds. The molecule has 0 aliphatic rings. The second kappa shape index (κ2) is 5.17. The number of carbonyl (C=O) groups is 1. The summed E-state index contributed by atoms with van der Waals surface area (Å²) >= 11 is 5.83. The van der Waals surface area contributed by atoms with Crippen LogP contribution >= 0.6 is 11.6 Å². The van der Waals surface area contributed by atoms with E-state index in [9.17, 15) is 4.79 Å². The Bertz CT molecular complexity index is 361. The van der Waals surface area contributed by atoms with Gasteiger partial charge < -0.3 is 4.74 Å². The van der Waals surface area contributed by atoms with Crippen molar-refractivity contribution in [3.63, 3.8) is 0 Å². The molecule has 3 heteroatoms. The van der Waals surface area contributed by atoms with Gasteiger partial charge in [0, 0.05) is 11.4 Å². The van der Waals surface area contributed by atoms with Crippen LogP contribution in [0.1, 0.15) is 25.8 Å². The van der Waals surface area contributed by atoms with Gasteiger partial charge in [-0.2, -0.15) is 0 Å². The number of ketones is 1. The van der Waals surface area contributed by atoms with Crippen molar-refractivity contribution in [2.75, 3.05) is 0 Å². The van der Waals surface area contributed by atoms with Crippen molar-refractivity contribution in [1.82, 2.24) is 0 Å². The minimum atomic E-state index is -0.0950. The lowest BCUT2D eigenvalue weighted by Crippen LogP contribution is -2.15. The van der Waals surface area contributed by atoms with Crippen molar-refractivity contribution in [3.05, 3.63) is 28.8 Å². The first-order chi connectivity index (χ1) is 6.99. The van der Waals surface area contributed by atoms with Gasteiger partial charge in [-0.3, -0.25) is 4.79 Å². The Morgan fingerprint density at radius 3 is 2.73 bits per heavy atom. The summed E-state index contributed by atoms with van der Waals surface area (Å²) in [6.45, 7) is 5.38. The van der Waals surface area contributed by atoms with Crippen LogP contribution < -0.4 is 4.74 Å². The lowest BCUT2D eigenvalue weighted by atomic mass is 10.2. The highest BCUT2D eigenvalue weighted by Gasteiger charge is 2.08. The summed E-state index contributed by atoms with van der Waals surface area (Å²) < 4.78 is 5.63. The van der Waals surface area contributed by atoms with Gasteiger partial charge in [-0.1, -0.05) is 11.6 Å². The molecule has 0 bridgehead atoms. The number of rotatable bonds is 4. The monoisotopic (exact) mass is 226 g/mol. The summed E-state index contributed by atoms with van der Waals surface area (Å²) in [7, 11) is 0. The smallest absolute Gasteiger partial charge is 0.133 e. The van der Waals surface area contributed by atoms with Crippen molar-refractivity contribution < 1.29 is 9.53 Å². The standard InChI is InChI=1S/C12H15ClO2/c1-8-6-11(13)4-5-12(8)15-10(3)7-9(2)14/h4-6,10H,7H2,1-3H3. The summed E-state index contributed by atoms with van der Waals surface area (Å²) in [5.74, 6) is 0.919. The van der Waals surface area contributed by atoms with Crippen LogP contribution in [0.25, 0.3) is 0 Å². The molecule has 82 valence electrons. The highest BCUT2D eigenvalue weighted by atomic mass is 35.5. The quantitative estimate of drug-likeness (QED) is 0.787. The third kappa shape index (κ3) is 3.92. The maximum absolute atomic E-state index is 10.9. The van der Waals surface area contributed by atoms with Gasteiger partial charge in [-0.15, -0.1) is 0 Å². The molecule has 0 aliphatic carbocycles. The van der Waals surface area contributed by atoms with Gasteiger partial charge in [-0.25, -0.2) is 0 Å². The molecule has 0 heterocycles. The molecule has 0 N–H and O–H groups in total. The number of hydrogen-bond acceptors (Lipinski definition) is 2. The summed E-state index contributed by atoms with van der Waals surface area (Å²) in [6, 6.07) is 5.45. The predicted octanol–water partition coefficient (Wildman–Crippen LogP) is 3.39. The van der Waals surface area contributed by atoms with Gasteiger partial charge in [-0.05, 0) is 44.5 Å². The molecular weight excluding hydrogens is 212 g/mol. The first-order valence-electron chi connectivity index (χ1n) is 4.91. The second-order valence-corrected chi connectivity index (χ2v) is 4.18. The molecular formula is C12H15ClO2. The van der Waals surface area contributed by atoms with Gasteiger partial charge >= 0.3 is 0 Å². The van der Waals surface area contributed by atoms with Crippen LogP contribution in [0.5, 0.6) is 5.75 Å². The first kappa shape index (κ1) is 12.1. The van der Waals surface area contributed by atoms with Crippen LogP contribution in [0, 0.1) is 6.92 Å². The molecule has 0 saturated heterocycles.